The highest BCUT2D eigenvalue weighted by molar-refractivity contribution is 5.95. The highest BCUT2D eigenvalue weighted by Gasteiger charge is 2.08. The van der Waals surface area contributed by atoms with Crippen molar-refractivity contribution in [1.82, 2.24) is 9.97 Å². The van der Waals surface area contributed by atoms with Crippen molar-refractivity contribution < 1.29 is 9.90 Å². The topological polar surface area (TPSA) is 92.0 Å². The third kappa shape index (κ3) is 2.03. The zero-order chi connectivity index (χ0) is 11.5. The van der Waals surface area contributed by atoms with Gasteiger partial charge in [-0.25, -0.2) is 4.98 Å². The second-order valence-corrected chi connectivity index (χ2v) is 3.45. The van der Waals surface area contributed by atoms with Gasteiger partial charge in [-0.15, -0.1) is 0 Å². The molecule has 0 saturated carbocycles. The fraction of sp³-hybridized carbons (Fsp3) is 0.0909. The molecule has 0 aliphatic rings. The first-order valence-corrected chi connectivity index (χ1v) is 4.76. The number of nitrogens with one attached hydrogen (secondary N) is 1. The summed E-state index contributed by atoms with van der Waals surface area (Å²) in [6, 6.07) is 4.77. The molecule has 0 aliphatic carbocycles. The van der Waals surface area contributed by atoms with Crippen molar-refractivity contribution in [1.29, 1.82) is 0 Å². The van der Waals surface area contributed by atoms with Gasteiger partial charge in [0.15, 0.2) is 0 Å². The van der Waals surface area contributed by atoms with E-state index in [1.807, 2.05) is 0 Å². The van der Waals surface area contributed by atoms with E-state index < -0.39 is 5.91 Å². The maximum Gasteiger partial charge on any atom is 0.252 e. The van der Waals surface area contributed by atoms with Crippen molar-refractivity contribution in [2.24, 2.45) is 5.73 Å². The number of hydrogen-bond acceptors (Lipinski definition) is 3. The molecule has 16 heavy (non-hydrogen) atoms. The number of aromatic amines is 1. The first kappa shape index (κ1) is 10.2. The molecule has 1 heterocycles. The van der Waals surface area contributed by atoms with Crippen LogP contribution in [0.4, 0.5) is 0 Å². The lowest BCUT2D eigenvalue weighted by Crippen LogP contribution is -2.11. The summed E-state index contributed by atoms with van der Waals surface area (Å²) in [5.41, 5.74) is 7.00. The van der Waals surface area contributed by atoms with Crippen LogP contribution < -0.4 is 5.73 Å². The molecule has 5 nitrogen and oxygen atoms in total. The zero-order valence-corrected chi connectivity index (χ0v) is 8.47. The molecule has 0 bridgehead atoms. The number of carbonyl (C=O) groups is 1. The third-order valence-corrected chi connectivity index (χ3v) is 2.27. The third-order valence-electron chi connectivity index (χ3n) is 2.27. The Morgan fingerprint density at radius 2 is 2.31 bits per heavy atom. The minimum absolute atomic E-state index is 0.0988. The molecule has 0 saturated heterocycles. The number of imidazole rings is 1. The van der Waals surface area contributed by atoms with Crippen LogP contribution in [0.1, 0.15) is 21.6 Å². The van der Waals surface area contributed by atoms with Crippen LogP contribution in [0.25, 0.3) is 0 Å². The Morgan fingerprint density at radius 3 is 2.94 bits per heavy atom. The Bertz CT molecular complexity index is 506. The predicted molar refractivity (Wildman–Crippen MR) is 58.0 cm³/mol. The molecular formula is C11H11N3O2. The quantitative estimate of drug-likeness (QED) is 0.710. The van der Waals surface area contributed by atoms with Gasteiger partial charge in [0.2, 0.25) is 0 Å². The largest absolute Gasteiger partial charge is 0.507 e. The minimum Gasteiger partial charge on any atom is -0.507 e. The summed E-state index contributed by atoms with van der Waals surface area (Å²) in [6.45, 7) is 0. The minimum atomic E-state index is -0.638. The van der Waals surface area contributed by atoms with Gasteiger partial charge < -0.3 is 15.8 Å². The van der Waals surface area contributed by atoms with E-state index in [2.05, 4.69) is 9.97 Å². The number of nitrogens with zero attached hydrogens (tertiary/aromatic N) is 1. The van der Waals surface area contributed by atoms with Gasteiger partial charge >= 0.3 is 0 Å². The number of nitrogens with two attached hydrogens (primary N) is 1. The lowest BCUT2D eigenvalue weighted by molar-refractivity contribution is 0.0997. The van der Waals surface area contributed by atoms with E-state index in [1.165, 1.54) is 6.07 Å². The zero-order valence-electron chi connectivity index (χ0n) is 8.47. The van der Waals surface area contributed by atoms with Gasteiger partial charge in [-0.2, -0.15) is 0 Å². The number of hydrogen-bond donors (Lipinski definition) is 3. The van der Waals surface area contributed by atoms with Gasteiger partial charge in [0.1, 0.15) is 5.75 Å². The van der Waals surface area contributed by atoms with Crippen molar-refractivity contribution in [2.45, 2.75) is 6.42 Å². The summed E-state index contributed by atoms with van der Waals surface area (Å²) in [7, 11) is 0. The Morgan fingerprint density at radius 1 is 1.50 bits per heavy atom. The van der Waals surface area contributed by atoms with Gasteiger partial charge in [-0.3, -0.25) is 4.79 Å². The number of aromatic nitrogens is 2. The van der Waals surface area contributed by atoms with Crippen LogP contribution in [0.2, 0.25) is 0 Å². The average Bonchev–Trinajstić information content (AvgIpc) is 2.73. The number of amides is 1. The second kappa shape index (κ2) is 4.06. The number of aromatic hydroxyl groups is 1. The van der Waals surface area contributed by atoms with E-state index in [0.29, 0.717) is 6.42 Å². The van der Waals surface area contributed by atoms with E-state index >= 15 is 0 Å². The summed E-state index contributed by atoms with van der Waals surface area (Å²) < 4.78 is 0. The molecule has 5 heteroatoms. The summed E-state index contributed by atoms with van der Waals surface area (Å²) in [5, 5.41) is 9.41. The smallest absolute Gasteiger partial charge is 0.252 e. The molecule has 2 aromatic rings. The summed E-state index contributed by atoms with van der Waals surface area (Å²) in [5.74, 6) is -0.736. The maximum absolute atomic E-state index is 11.0. The van der Waals surface area contributed by atoms with Crippen LogP contribution in [-0.2, 0) is 6.42 Å². The Hall–Kier alpha value is -2.30. The normalized spacial score (nSPS) is 10.2. The maximum atomic E-state index is 11.0. The van der Waals surface area contributed by atoms with Crippen LogP contribution >= 0.6 is 0 Å². The molecule has 82 valence electrons. The molecule has 0 aliphatic heterocycles. The summed E-state index contributed by atoms with van der Waals surface area (Å²) in [4.78, 5) is 17.9. The molecule has 0 fully saturated rings. The number of primary amides is 1. The highest BCUT2D eigenvalue weighted by Crippen LogP contribution is 2.19. The van der Waals surface area contributed by atoms with Gasteiger partial charge in [0.25, 0.3) is 5.91 Å². The van der Waals surface area contributed by atoms with E-state index in [0.717, 1.165) is 11.3 Å². The second-order valence-electron chi connectivity index (χ2n) is 3.45. The molecule has 0 atom stereocenters. The van der Waals surface area contributed by atoms with E-state index in [-0.39, 0.29) is 11.3 Å². The lowest BCUT2D eigenvalue weighted by atomic mass is 10.1. The number of phenols is 1. The van der Waals surface area contributed by atoms with E-state index in [4.69, 9.17) is 5.73 Å². The number of benzene rings is 1. The molecule has 2 rings (SSSR count). The highest BCUT2D eigenvalue weighted by atomic mass is 16.3. The molecule has 0 spiro atoms. The number of H-pyrrole nitrogens is 1. The van der Waals surface area contributed by atoms with Gasteiger partial charge in [0, 0.05) is 12.6 Å². The molecule has 1 amide bonds. The van der Waals surface area contributed by atoms with Crippen LogP contribution in [0.5, 0.6) is 5.75 Å². The molecule has 0 radical (unpaired) electrons. The van der Waals surface area contributed by atoms with Crippen molar-refractivity contribution in [2.75, 3.05) is 0 Å². The summed E-state index contributed by atoms with van der Waals surface area (Å²) in [6.07, 6.45) is 3.95. The van der Waals surface area contributed by atoms with Crippen LogP contribution in [0.15, 0.2) is 30.7 Å². The first-order valence-electron chi connectivity index (χ1n) is 4.76. The number of carbonyl (C=O) groups excluding carboxylic acids is 1. The van der Waals surface area contributed by atoms with Crippen molar-refractivity contribution in [3.05, 3.63) is 47.5 Å². The van der Waals surface area contributed by atoms with Crippen LogP contribution in [0.3, 0.4) is 0 Å². The lowest BCUT2D eigenvalue weighted by Gasteiger charge is -2.03. The van der Waals surface area contributed by atoms with Crippen LogP contribution in [-0.4, -0.2) is 21.0 Å². The molecule has 0 unspecified atom stereocenters. The molecule has 1 aromatic heterocycles. The Balaban J connectivity index is 2.29. The standard InChI is InChI=1S/C11H11N3O2/c12-11(16)9-4-7(1-2-10(9)15)3-8-5-13-6-14-8/h1-2,4-6,15H,3H2,(H2,12,16)(H,13,14). The first-order chi connectivity index (χ1) is 7.66. The molecular weight excluding hydrogens is 206 g/mol. The van der Waals surface area contributed by atoms with E-state index in [1.54, 1.807) is 24.7 Å². The van der Waals surface area contributed by atoms with E-state index in [9.17, 15) is 9.90 Å². The Kier molecular flexibility index (Phi) is 2.59. The van der Waals surface area contributed by atoms with Gasteiger partial charge in [-0.1, -0.05) is 6.07 Å². The SMILES string of the molecule is NC(=O)c1cc(Cc2c[nH]cn2)ccc1O. The van der Waals surface area contributed by atoms with Crippen LogP contribution in [0, 0.1) is 0 Å². The summed E-state index contributed by atoms with van der Waals surface area (Å²) >= 11 is 0. The Labute approximate surface area is 91.9 Å². The number of rotatable bonds is 3. The fourth-order valence-electron chi connectivity index (χ4n) is 1.49. The molecule has 1 aromatic carbocycles. The monoisotopic (exact) mass is 217 g/mol. The predicted octanol–water partition coefficient (Wildman–Crippen LogP) is 0.805. The van der Waals surface area contributed by atoms with Gasteiger partial charge in [-0.05, 0) is 17.7 Å². The average molecular weight is 217 g/mol. The van der Waals surface area contributed by atoms with Gasteiger partial charge in [0.05, 0.1) is 17.6 Å². The fourth-order valence-corrected chi connectivity index (χ4v) is 1.49. The van der Waals surface area contributed by atoms with Crippen molar-refractivity contribution in [3.8, 4) is 5.75 Å². The van der Waals surface area contributed by atoms with Crippen molar-refractivity contribution in [3.63, 3.8) is 0 Å². The molecule has 4 N–H and O–H groups in total. The van der Waals surface area contributed by atoms with Crippen molar-refractivity contribution >= 4 is 5.91 Å².